The van der Waals surface area contributed by atoms with E-state index in [0.29, 0.717) is 19.3 Å². The summed E-state index contributed by atoms with van der Waals surface area (Å²) in [6, 6.07) is -0.299. The number of amides is 2. The summed E-state index contributed by atoms with van der Waals surface area (Å²) < 4.78 is 0. The molecule has 0 aromatic rings. The highest BCUT2D eigenvalue weighted by Crippen LogP contribution is 2.39. The highest BCUT2D eigenvalue weighted by molar-refractivity contribution is 6.00. The van der Waals surface area contributed by atoms with Gasteiger partial charge in [-0.25, -0.2) is 0 Å². The Morgan fingerprint density at radius 1 is 1.10 bits per heavy atom. The van der Waals surface area contributed by atoms with Crippen LogP contribution in [0.15, 0.2) is 0 Å². The van der Waals surface area contributed by atoms with E-state index in [1.54, 1.807) is 0 Å². The fraction of sp³-hybridized carbons (Fsp3) is 0.882. The van der Waals surface area contributed by atoms with Crippen molar-refractivity contribution in [3.05, 3.63) is 0 Å². The summed E-state index contributed by atoms with van der Waals surface area (Å²) in [7, 11) is 0. The van der Waals surface area contributed by atoms with Gasteiger partial charge in [-0.05, 0) is 39.0 Å². The summed E-state index contributed by atoms with van der Waals surface area (Å²) in [5.74, 6) is 0.177. The van der Waals surface area contributed by atoms with E-state index in [1.165, 1.54) is 6.42 Å². The van der Waals surface area contributed by atoms with Crippen LogP contribution < -0.4 is 5.32 Å². The molecule has 2 aliphatic rings. The molecule has 4 heteroatoms. The summed E-state index contributed by atoms with van der Waals surface area (Å²) in [6.45, 7) is 8.17. The van der Waals surface area contributed by atoms with Crippen LogP contribution >= 0.6 is 0 Å². The van der Waals surface area contributed by atoms with E-state index in [2.05, 4.69) is 12.2 Å². The Bertz CT molecular complexity index is 409. The van der Waals surface area contributed by atoms with Crippen molar-refractivity contribution < 1.29 is 9.59 Å². The van der Waals surface area contributed by atoms with E-state index in [0.717, 1.165) is 25.7 Å². The van der Waals surface area contributed by atoms with Crippen LogP contribution in [0.2, 0.25) is 0 Å². The number of rotatable bonds is 4. The Morgan fingerprint density at radius 3 is 2.14 bits per heavy atom. The molecular weight excluding hydrogens is 264 g/mol. The largest absolute Gasteiger partial charge is 0.340 e. The maximum atomic E-state index is 13.2. The minimum Gasteiger partial charge on any atom is -0.340 e. The number of hydrogen-bond donors (Lipinski definition) is 1. The third-order valence-corrected chi connectivity index (χ3v) is 5.71. The third kappa shape index (κ3) is 2.58. The van der Waals surface area contributed by atoms with E-state index in [-0.39, 0.29) is 23.4 Å². The topological polar surface area (TPSA) is 49.4 Å². The Kier molecular flexibility index (Phi) is 4.64. The van der Waals surface area contributed by atoms with E-state index < -0.39 is 5.54 Å². The van der Waals surface area contributed by atoms with Crippen molar-refractivity contribution in [2.45, 2.75) is 96.2 Å². The molecular formula is C17H30N2O2. The Morgan fingerprint density at radius 2 is 1.67 bits per heavy atom. The zero-order chi connectivity index (χ0) is 15.7. The molecule has 1 aliphatic heterocycles. The first-order valence-electron chi connectivity index (χ1n) is 8.60. The molecule has 120 valence electrons. The van der Waals surface area contributed by atoms with Crippen LogP contribution in [-0.2, 0) is 9.59 Å². The van der Waals surface area contributed by atoms with Gasteiger partial charge >= 0.3 is 0 Å². The van der Waals surface area contributed by atoms with Crippen LogP contribution in [0.25, 0.3) is 0 Å². The van der Waals surface area contributed by atoms with Gasteiger partial charge in [0.15, 0.2) is 0 Å². The van der Waals surface area contributed by atoms with Crippen LogP contribution in [0.3, 0.4) is 0 Å². The molecule has 1 N–H and O–H groups in total. The quantitative estimate of drug-likeness (QED) is 0.866. The molecule has 1 unspecified atom stereocenters. The van der Waals surface area contributed by atoms with Gasteiger partial charge in [0.1, 0.15) is 11.6 Å². The lowest BCUT2D eigenvalue weighted by atomic mass is 9.77. The molecule has 1 atom stereocenters. The average molecular weight is 294 g/mol. The molecule has 2 amide bonds. The standard InChI is InChI=1S/C17H30N2O2/c1-5-13-14(20)18-17(6-2,7-3)15(21)19(13)16(4)11-9-8-10-12-16/h13H,5-12H2,1-4H3,(H,18,20). The number of carbonyl (C=O) groups is 2. The first-order chi connectivity index (χ1) is 9.94. The smallest absolute Gasteiger partial charge is 0.249 e. The molecule has 0 bridgehead atoms. The van der Waals surface area contributed by atoms with Crippen molar-refractivity contribution >= 4 is 11.8 Å². The molecule has 1 aliphatic carbocycles. The average Bonchev–Trinajstić information content (AvgIpc) is 2.49. The van der Waals surface area contributed by atoms with Gasteiger partial charge in [0.2, 0.25) is 11.8 Å². The van der Waals surface area contributed by atoms with Crippen LogP contribution in [0.4, 0.5) is 0 Å². The van der Waals surface area contributed by atoms with Gasteiger partial charge in [-0.2, -0.15) is 0 Å². The number of nitrogens with zero attached hydrogens (tertiary/aromatic N) is 1. The van der Waals surface area contributed by atoms with Crippen LogP contribution in [0, 0.1) is 0 Å². The summed E-state index contributed by atoms with van der Waals surface area (Å²) in [4.78, 5) is 27.8. The number of piperazine rings is 1. The third-order valence-electron chi connectivity index (χ3n) is 5.71. The van der Waals surface area contributed by atoms with E-state index in [1.807, 2.05) is 25.7 Å². The minimum atomic E-state index is -0.691. The molecule has 21 heavy (non-hydrogen) atoms. The van der Waals surface area contributed by atoms with Gasteiger partial charge in [0.25, 0.3) is 0 Å². The molecule has 2 rings (SSSR count). The molecule has 1 heterocycles. The van der Waals surface area contributed by atoms with Crippen molar-refractivity contribution in [3.8, 4) is 0 Å². The molecule has 0 spiro atoms. The van der Waals surface area contributed by atoms with E-state index >= 15 is 0 Å². The van der Waals surface area contributed by atoms with Gasteiger partial charge in [-0.3, -0.25) is 9.59 Å². The van der Waals surface area contributed by atoms with Gasteiger partial charge in [-0.1, -0.05) is 40.0 Å². The monoisotopic (exact) mass is 294 g/mol. The Hall–Kier alpha value is -1.06. The van der Waals surface area contributed by atoms with E-state index in [4.69, 9.17) is 0 Å². The van der Waals surface area contributed by atoms with Gasteiger partial charge < -0.3 is 10.2 Å². The Balaban J connectivity index is 2.41. The lowest BCUT2D eigenvalue weighted by molar-refractivity contribution is -0.164. The van der Waals surface area contributed by atoms with Crippen LogP contribution in [-0.4, -0.2) is 33.8 Å². The predicted molar refractivity (Wildman–Crippen MR) is 83.9 cm³/mol. The number of hydrogen-bond acceptors (Lipinski definition) is 2. The maximum absolute atomic E-state index is 13.2. The van der Waals surface area contributed by atoms with E-state index in [9.17, 15) is 9.59 Å². The second-order valence-corrected chi connectivity index (χ2v) is 6.94. The Labute approximate surface area is 128 Å². The zero-order valence-electron chi connectivity index (χ0n) is 14.0. The predicted octanol–water partition coefficient (Wildman–Crippen LogP) is 3.01. The summed E-state index contributed by atoms with van der Waals surface area (Å²) in [5.41, 5.74) is -0.841. The summed E-state index contributed by atoms with van der Waals surface area (Å²) in [6.07, 6.45) is 7.61. The fourth-order valence-electron chi connectivity index (χ4n) is 4.13. The second-order valence-electron chi connectivity index (χ2n) is 6.94. The van der Waals surface area contributed by atoms with Crippen molar-refractivity contribution in [2.75, 3.05) is 0 Å². The number of carbonyl (C=O) groups excluding carboxylic acids is 2. The lowest BCUT2D eigenvalue weighted by Gasteiger charge is -2.54. The minimum absolute atomic E-state index is 0.0348. The normalized spacial score (nSPS) is 28.4. The van der Waals surface area contributed by atoms with Crippen molar-refractivity contribution in [1.82, 2.24) is 10.2 Å². The zero-order valence-corrected chi connectivity index (χ0v) is 14.0. The first-order valence-corrected chi connectivity index (χ1v) is 8.60. The summed E-state index contributed by atoms with van der Waals surface area (Å²) >= 11 is 0. The molecule has 4 nitrogen and oxygen atoms in total. The molecule has 1 saturated heterocycles. The number of nitrogens with one attached hydrogen (secondary N) is 1. The highest BCUT2D eigenvalue weighted by Gasteiger charge is 2.53. The fourth-order valence-corrected chi connectivity index (χ4v) is 4.13. The van der Waals surface area contributed by atoms with Crippen LogP contribution in [0.1, 0.15) is 79.1 Å². The highest BCUT2D eigenvalue weighted by atomic mass is 16.2. The maximum Gasteiger partial charge on any atom is 0.249 e. The van der Waals surface area contributed by atoms with Crippen molar-refractivity contribution in [2.24, 2.45) is 0 Å². The SMILES string of the molecule is CCC1C(=O)NC(CC)(CC)C(=O)N1C1(C)CCCCC1. The molecule has 0 aromatic carbocycles. The molecule has 0 radical (unpaired) electrons. The van der Waals surface area contributed by atoms with Crippen LogP contribution in [0.5, 0.6) is 0 Å². The van der Waals surface area contributed by atoms with Gasteiger partial charge in [-0.15, -0.1) is 0 Å². The van der Waals surface area contributed by atoms with Gasteiger partial charge in [0, 0.05) is 5.54 Å². The molecule has 1 saturated carbocycles. The molecule has 2 fully saturated rings. The first kappa shape index (κ1) is 16.3. The van der Waals surface area contributed by atoms with Crippen molar-refractivity contribution in [1.29, 1.82) is 0 Å². The second kappa shape index (κ2) is 5.98. The van der Waals surface area contributed by atoms with Crippen molar-refractivity contribution in [3.63, 3.8) is 0 Å². The summed E-state index contributed by atoms with van der Waals surface area (Å²) in [5, 5.41) is 3.04. The lowest BCUT2D eigenvalue weighted by Crippen LogP contribution is -2.74. The molecule has 0 aromatic heterocycles. The van der Waals surface area contributed by atoms with Gasteiger partial charge in [0.05, 0.1) is 0 Å².